The third-order valence-electron chi connectivity index (χ3n) is 6.11. The lowest BCUT2D eigenvalue weighted by molar-refractivity contribution is -0.132. The second-order valence-corrected chi connectivity index (χ2v) is 11.6. The second kappa shape index (κ2) is 17.6. The van der Waals surface area contributed by atoms with Gasteiger partial charge in [-0.1, -0.05) is 86.5 Å². The van der Waals surface area contributed by atoms with Crippen molar-refractivity contribution in [2.24, 2.45) is 11.8 Å². The quantitative estimate of drug-likeness (QED) is 0.203. The Morgan fingerprint density at radius 3 is 1.72 bits per heavy atom. The van der Waals surface area contributed by atoms with E-state index >= 15 is 0 Å². The lowest BCUT2D eigenvalue weighted by Crippen LogP contribution is -2.59. The largest absolute Gasteiger partial charge is 0.444 e. The van der Waals surface area contributed by atoms with Gasteiger partial charge in [0.25, 0.3) is 0 Å². The second-order valence-electron chi connectivity index (χ2n) is 11.6. The lowest BCUT2D eigenvalue weighted by Gasteiger charge is -2.30. The molecule has 3 amide bonds. The van der Waals surface area contributed by atoms with E-state index in [2.05, 4.69) is 22.9 Å². The minimum absolute atomic E-state index is 0.179. The Kier molecular flexibility index (Phi) is 16.7. The Morgan fingerprint density at radius 1 is 0.722 bits per heavy atom. The predicted molar refractivity (Wildman–Crippen MR) is 146 cm³/mol. The van der Waals surface area contributed by atoms with E-state index < -0.39 is 35.8 Å². The zero-order chi connectivity index (χ0) is 27.9. The maximum atomic E-state index is 13.2. The van der Waals surface area contributed by atoms with Crippen LogP contribution >= 0.6 is 0 Å². The van der Waals surface area contributed by atoms with Gasteiger partial charge in [0.1, 0.15) is 17.7 Å². The van der Waals surface area contributed by atoms with Crippen LogP contribution in [0.5, 0.6) is 0 Å². The van der Waals surface area contributed by atoms with Gasteiger partial charge in [-0.3, -0.25) is 9.59 Å². The molecule has 0 aromatic heterocycles. The van der Waals surface area contributed by atoms with E-state index in [4.69, 9.17) is 4.74 Å². The SMILES string of the molecule is CCCCCCCCC(O)[C@H](CCC)NC(=O)C(NC(=O)C(NC(=O)OC(C)(C)C)C(C)C)C(C)C. The minimum Gasteiger partial charge on any atom is -0.444 e. The van der Waals surface area contributed by atoms with Crippen molar-refractivity contribution >= 4 is 17.9 Å². The minimum atomic E-state index is -0.848. The van der Waals surface area contributed by atoms with Crippen LogP contribution < -0.4 is 16.0 Å². The van der Waals surface area contributed by atoms with E-state index in [0.29, 0.717) is 12.8 Å². The van der Waals surface area contributed by atoms with E-state index in [9.17, 15) is 19.5 Å². The molecule has 0 rings (SSSR count). The Labute approximate surface area is 220 Å². The van der Waals surface area contributed by atoms with Crippen LogP contribution in [0.15, 0.2) is 0 Å². The summed E-state index contributed by atoms with van der Waals surface area (Å²) in [4.78, 5) is 38.6. The molecule has 0 fully saturated rings. The first kappa shape index (κ1) is 34.2. The number of nitrogens with one attached hydrogen (secondary N) is 3. The fourth-order valence-corrected chi connectivity index (χ4v) is 4.03. The number of rotatable bonds is 17. The number of aliphatic hydroxyl groups is 1. The zero-order valence-corrected chi connectivity index (χ0v) is 24.4. The maximum absolute atomic E-state index is 13.2. The Balaban J connectivity index is 5.17. The highest BCUT2D eigenvalue weighted by molar-refractivity contribution is 5.91. The molecule has 0 aliphatic heterocycles. The summed E-state index contributed by atoms with van der Waals surface area (Å²) in [5, 5.41) is 19.2. The van der Waals surface area contributed by atoms with E-state index in [0.717, 1.165) is 19.3 Å². The summed E-state index contributed by atoms with van der Waals surface area (Å²) in [6.45, 7) is 16.8. The molecule has 8 nitrogen and oxygen atoms in total. The number of alkyl carbamates (subject to hydrolysis) is 1. The Bertz CT molecular complexity index is 646. The number of hydrogen-bond donors (Lipinski definition) is 4. The third-order valence-corrected chi connectivity index (χ3v) is 6.11. The molecule has 0 aromatic carbocycles. The molecule has 3 unspecified atom stereocenters. The van der Waals surface area contributed by atoms with Gasteiger partial charge < -0.3 is 25.8 Å². The smallest absolute Gasteiger partial charge is 0.408 e. The summed E-state index contributed by atoms with van der Waals surface area (Å²) >= 11 is 0. The van der Waals surface area contributed by atoms with Crippen LogP contribution in [0.1, 0.15) is 120 Å². The van der Waals surface area contributed by atoms with Crippen molar-refractivity contribution in [1.29, 1.82) is 0 Å². The summed E-state index contributed by atoms with van der Waals surface area (Å²) in [7, 11) is 0. The zero-order valence-electron chi connectivity index (χ0n) is 24.4. The number of carbonyl (C=O) groups excluding carboxylic acids is 3. The molecule has 0 radical (unpaired) electrons. The predicted octanol–water partition coefficient (Wildman–Crippen LogP) is 5.07. The molecular formula is C28H55N3O5. The van der Waals surface area contributed by atoms with Crippen molar-refractivity contribution in [3.8, 4) is 0 Å². The van der Waals surface area contributed by atoms with E-state index in [1.807, 2.05) is 34.6 Å². The van der Waals surface area contributed by atoms with Crippen LogP contribution in [-0.2, 0) is 14.3 Å². The van der Waals surface area contributed by atoms with Crippen molar-refractivity contribution in [3.63, 3.8) is 0 Å². The standard InChI is InChI=1S/C28H55N3O5/c1-10-12-13-14-15-16-18-22(32)21(17-11-2)29-25(33)23(19(3)4)30-26(34)24(20(5)6)31-27(35)36-28(7,8)9/h19-24,32H,10-18H2,1-9H3,(H,29,33)(H,30,34)(H,31,35)/t21-,22?,23?,24?/m0/s1. The van der Waals surface area contributed by atoms with Crippen LogP contribution in [0.25, 0.3) is 0 Å². The maximum Gasteiger partial charge on any atom is 0.408 e. The number of ether oxygens (including phenoxy) is 1. The molecule has 212 valence electrons. The number of aliphatic hydroxyl groups excluding tert-OH is 1. The fraction of sp³-hybridized carbons (Fsp3) is 0.893. The molecule has 0 spiro atoms. The van der Waals surface area contributed by atoms with Crippen LogP contribution in [0.3, 0.4) is 0 Å². The van der Waals surface area contributed by atoms with Gasteiger partial charge in [-0.15, -0.1) is 0 Å². The number of amides is 3. The number of hydrogen-bond acceptors (Lipinski definition) is 5. The van der Waals surface area contributed by atoms with Crippen LogP contribution in [0, 0.1) is 11.8 Å². The lowest BCUT2D eigenvalue weighted by atomic mass is 9.97. The molecule has 0 heterocycles. The van der Waals surface area contributed by atoms with Crippen molar-refractivity contribution in [1.82, 2.24) is 16.0 Å². The molecular weight excluding hydrogens is 458 g/mol. The highest BCUT2D eigenvalue weighted by atomic mass is 16.6. The Morgan fingerprint density at radius 2 is 1.22 bits per heavy atom. The monoisotopic (exact) mass is 513 g/mol. The normalized spacial score (nSPS) is 15.2. The first-order valence-electron chi connectivity index (χ1n) is 14.0. The molecule has 0 aromatic rings. The summed E-state index contributed by atoms with van der Waals surface area (Å²) in [6, 6.07) is -2.00. The topological polar surface area (TPSA) is 117 Å². The van der Waals surface area contributed by atoms with Crippen molar-refractivity contribution in [2.75, 3.05) is 0 Å². The van der Waals surface area contributed by atoms with Crippen LogP contribution in [-0.4, -0.2) is 52.8 Å². The average Bonchev–Trinajstić information content (AvgIpc) is 2.75. The van der Waals surface area contributed by atoms with Gasteiger partial charge in [-0.05, 0) is 45.4 Å². The first-order chi connectivity index (χ1) is 16.7. The van der Waals surface area contributed by atoms with Crippen molar-refractivity contribution in [2.45, 2.75) is 150 Å². The highest BCUT2D eigenvalue weighted by Crippen LogP contribution is 2.15. The average molecular weight is 514 g/mol. The molecule has 0 aliphatic rings. The molecule has 36 heavy (non-hydrogen) atoms. The van der Waals surface area contributed by atoms with Gasteiger partial charge in [0.15, 0.2) is 0 Å². The van der Waals surface area contributed by atoms with Gasteiger partial charge >= 0.3 is 6.09 Å². The first-order valence-corrected chi connectivity index (χ1v) is 14.0. The number of carbonyl (C=O) groups is 3. The molecule has 0 aliphatic carbocycles. The fourth-order valence-electron chi connectivity index (χ4n) is 4.03. The van der Waals surface area contributed by atoms with Crippen LogP contribution in [0.4, 0.5) is 4.79 Å². The summed E-state index contributed by atoms with van der Waals surface area (Å²) in [6.07, 6.45) is 7.67. The van der Waals surface area contributed by atoms with Gasteiger partial charge in [0, 0.05) is 0 Å². The molecule has 0 saturated heterocycles. The molecule has 0 bridgehead atoms. The van der Waals surface area contributed by atoms with Gasteiger partial charge in [-0.2, -0.15) is 0 Å². The van der Waals surface area contributed by atoms with Crippen molar-refractivity contribution < 1.29 is 24.2 Å². The van der Waals surface area contributed by atoms with Gasteiger partial charge in [0.2, 0.25) is 11.8 Å². The van der Waals surface area contributed by atoms with E-state index in [1.165, 1.54) is 25.7 Å². The number of unbranched alkanes of at least 4 members (excludes halogenated alkanes) is 5. The van der Waals surface area contributed by atoms with Gasteiger partial charge in [-0.25, -0.2) is 4.79 Å². The highest BCUT2D eigenvalue weighted by Gasteiger charge is 2.33. The van der Waals surface area contributed by atoms with E-state index in [-0.39, 0.29) is 23.8 Å². The van der Waals surface area contributed by atoms with Crippen molar-refractivity contribution in [3.05, 3.63) is 0 Å². The summed E-state index contributed by atoms with van der Waals surface area (Å²) in [5.41, 5.74) is -0.687. The third kappa shape index (κ3) is 14.7. The molecule has 0 saturated carbocycles. The molecule has 8 heteroatoms. The van der Waals surface area contributed by atoms with Crippen LogP contribution in [0.2, 0.25) is 0 Å². The van der Waals surface area contributed by atoms with Gasteiger partial charge in [0.05, 0.1) is 12.1 Å². The van der Waals surface area contributed by atoms with E-state index in [1.54, 1.807) is 20.8 Å². The molecule has 4 atom stereocenters. The summed E-state index contributed by atoms with van der Waals surface area (Å²) < 4.78 is 5.30. The summed E-state index contributed by atoms with van der Waals surface area (Å²) in [5.74, 6) is -1.15. The Hall–Kier alpha value is -1.83. The molecule has 4 N–H and O–H groups in total.